The van der Waals surface area contributed by atoms with Crippen LogP contribution in [0.4, 0.5) is 5.69 Å². The largest absolute Gasteiger partial charge is 0.421 e. The number of hydrogen-bond donors (Lipinski definition) is 1. The van der Waals surface area contributed by atoms with Crippen molar-refractivity contribution in [3.63, 3.8) is 0 Å². The Morgan fingerprint density at radius 3 is 2.77 bits per heavy atom. The number of aryl methyl sites for hydroxylation is 1. The van der Waals surface area contributed by atoms with Crippen molar-refractivity contribution < 1.29 is 4.42 Å². The first-order valence-electron chi connectivity index (χ1n) is 3.98. The highest BCUT2D eigenvalue weighted by molar-refractivity contribution is 5.83. The van der Waals surface area contributed by atoms with Crippen LogP contribution in [0.15, 0.2) is 33.5 Å². The molecule has 0 aliphatic heterocycles. The summed E-state index contributed by atoms with van der Waals surface area (Å²) in [7, 11) is 0. The standard InChI is InChI=1S/C10H9NO2/c1-6-7-4-2-3-5-8(7)13-10(12)9(6)11/h2-5H,11H2,1H3. The average molecular weight is 175 g/mol. The lowest BCUT2D eigenvalue weighted by Gasteiger charge is -2.01. The fourth-order valence-corrected chi connectivity index (χ4v) is 1.32. The van der Waals surface area contributed by atoms with Crippen LogP contribution in [0.5, 0.6) is 0 Å². The maximum atomic E-state index is 11.2. The lowest BCUT2D eigenvalue weighted by molar-refractivity contribution is 0.563. The molecule has 0 aliphatic rings. The first-order chi connectivity index (χ1) is 6.20. The van der Waals surface area contributed by atoms with Gasteiger partial charge in [0.15, 0.2) is 0 Å². The summed E-state index contributed by atoms with van der Waals surface area (Å²) >= 11 is 0. The van der Waals surface area contributed by atoms with E-state index >= 15 is 0 Å². The van der Waals surface area contributed by atoms with Gasteiger partial charge in [-0.3, -0.25) is 0 Å². The van der Waals surface area contributed by atoms with Crippen LogP contribution in [-0.4, -0.2) is 0 Å². The van der Waals surface area contributed by atoms with Crippen molar-refractivity contribution in [2.45, 2.75) is 6.92 Å². The molecule has 3 nitrogen and oxygen atoms in total. The molecular formula is C10H9NO2. The smallest absolute Gasteiger partial charge is 0.359 e. The quantitative estimate of drug-likeness (QED) is 0.620. The van der Waals surface area contributed by atoms with Gasteiger partial charge in [0.1, 0.15) is 11.3 Å². The highest BCUT2D eigenvalue weighted by Gasteiger charge is 2.06. The van der Waals surface area contributed by atoms with E-state index in [-0.39, 0.29) is 5.69 Å². The number of fused-ring (bicyclic) bond motifs is 1. The average Bonchev–Trinajstić information content (AvgIpc) is 2.15. The van der Waals surface area contributed by atoms with Gasteiger partial charge in [-0.2, -0.15) is 0 Å². The van der Waals surface area contributed by atoms with Crippen LogP contribution in [-0.2, 0) is 0 Å². The van der Waals surface area contributed by atoms with Gasteiger partial charge in [0.25, 0.3) is 0 Å². The third kappa shape index (κ3) is 1.09. The van der Waals surface area contributed by atoms with Gasteiger partial charge in [-0.25, -0.2) is 4.79 Å². The summed E-state index contributed by atoms with van der Waals surface area (Å²) in [6.45, 7) is 1.81. The minimum Gasteiger partial charge on any atom is -0.421 e. The minimum absolute atomic E-state index is 0.193. The molecule has 2 aromatic rings. The van der Waals surface area contributed by atoms with Crippen LogP contribution < -0.4 is 11.4 Å². The number of rotatable bonds is 0. The third-order valence-electron chi connectivity index (χ3n) is 2.12. The summed E-state index contributed by atoms with van der Waals surface area (Å²) in [6.07, 6.45) is 0. The molecule has 1 aromatic carbocycles. The molecule has 0 radical (unpaired) electrons. The predicted molar refractivity (Wildman–Crippen MR) is 51.6 cm³/mol. The Labute approximate surface area is 74.8 Å². The van der Waals surface area contributed by atoms with E-state index in [9.17, 15) is 4.79 Å². The Kier molecular flexibility index (Phi) is 1.59. The zero-order valence-corrected chi connectivity index (χ0v) is 7.20. The van der Waals surface area contributed by atoms with Crippen LogP contribution >= 0.6 is 0 Å². The Morgan fingerprint density at radius 2 is 2.00 bits per heavy atom. The maximum Gasteiger partial charge on any atom is 0.359 e. The lowest BCUT2D eigenvalue weighted by Crippen LogP contribution is -2.08. The fourth-order valence-electron chi connectivity index (χ4n) is 1.32. The van der Waals surface area contributed by atoms with E-state index in [1.807, 2.05) is 25.1 Å². The molecule has 0 saturated heterocycles. The van der Waals surface area contributed by atoms with Gasteiger partial charge in [0.05, 0.1) is 0 Å². The highest BCUT2D eigenvalue weighted by atomic mass is 16.4. The predicted octanol–water partition coefficient (Wildman–Crippen LogP) is 1.68. The molecule has 0 unspecified atom stereocenters. The highest BCUT2D eigenvalue weighted by Crippen LogP contribution is 2.19. The zero-order valence-electron chi connectivity index (χ0n) is 7.20. The molecule has 0 amide bonds. The SMILES string of the molecule is Cc1c(N)c(=O)oc2ccccc12. The topological polar surface area (TPSA) is 56.2 Å². The van der Waals surface area contributed by atoms with E-state index in [0.29, 0.717) is 5.58 Å². The molecule has 0 bridgehead atoms. The zero-order chi connectivity index (χ0) is 9.42. The van der Waals surface area contributed by atoms with Crippen molar-refractivity contribution in [3.8, 4) is 0 Å². The van der Waals surface area contributed by atoms with Gasteiger partial charge >= 0.3 is 5.63 Å². The molecule has 13 heavy (non-hydrogen) atoms. The number of para-hydroxylation sites is 1. The Morgan fingerprint density at radius 1 is 1.31 bits per heavy atom. The van der Waals surface area contributed by atoms with Crippen LogP contribution in [0.3, 0.4) is 0 Å². The van der Waals surface area contributed by atoms with Gasteiger partial charge < -0.3 is 10.2 Å². The Bertz CT molecular complexity index is 514. The molecule has 2 N–H and O–H groups in total. The van der Waals surface area contributed by atoms with Crippen molar-refractivity contribution in [3.05, 3.63) is 40.2 Å². The van der Waals surface area contributed by atoms with Crippen molar-refractivity contribution in [2.75, 3.05) is 5.73 Å². The van der Waals surface area contributed by atoms with Gasteiger partial charge in [-0.15, -0.1) is 0 Å². The molecular weight excluding hydrogens is 166 g/mol. The van der Waals surface area contributed by atoms with Gasteiger partial charge in [0.2, 0.25) is 0 Å². The van der Waals surface area contributed by atoms with Gasteiger partial charge in [-0.05, 0) is 18.6 Å². The van der Waals surface area contributed by atoms with Gasteiger partial charge in [0, 0.05) is 5.39 Å². The first kappa shape index (κ1) is 7.86. The third-order valence-corrected chi connectivity index (χ3v) is 2.12. The lowest BCUT2D eigenvalue weighted by atomic mass is 10.1. The van der Waals surface area contributed by atoms with E-state index in [2.05, 4.69) is 0 Å². The number of hydrogen-bond acceptors (Lipinski definition) is 3. The molecule has 0 fully saturated rings. The van der Waals surface area contributed by atoms with Crippen LogP contribution in [0.2, 0.25) is 0 Å². The number of nitrogen functional groups attached to an aromatic ring is 1. The Hall–Kier alpha value is -1.77. The van der Waals surface area contributed by atoms with Crippen molar-refractivity contribution in [2.24, 2.45) is 0 Å². The van der Waals surface area contributed by atoms with E-state index in [0.717, 1.165) is 10.9 Å². The fraction of sp³-hybridized carbons (Fsp3) is 0.100. The second-order valence-electron chi connectivity index (χ2n) is 2.92. The normalized spacial score (nSPS) is 10.5. The molecule has 1 heterocycles. The summed E-state index contributed by atoms with van der Waals surface area (Å²) in [4.78, 5) is 11.2. The molecule has 0 aliphatic carbocycles. The molecule has 0 atom stereocenters. The molecule has 3 heteroatoms. The van der Waals surface area contributed by atoms with E-state index in [4.69, 9.17) is 10.2 Å². The molecule has 0 saturated carbocycles. The minimum atomic E-state index is -0.462. The first-order valence-corrected chi connectivity index (χ1v) is 3.98. The van der Waals surface area contributed by atoms with E-state index in [1.54, 1.807) is 6.07 Å². The van der Waals surface area contributed by atoms with Gasteiger partial charge in [-0.1, -0.05) is 18.2 Å². The second kappa shape index (κ2) is 2.62. The summed E-state index contributed by atoms with van der Waals surface area (Å²) in [6, 6.07) is 7.34. The van der Waals surface area contributed by atoms with Crippen LogP contribution in [0, 0.1) is 6.92 Å². The maximum absolute atomic E-state index is 11.2. The molecule has 2 rings (SSSR count). The summed E-state index contributed by atoms with van der Waals surface area (Å²) in [5, 5.41) is 0.889. The number of benzene rings is 1. The van der Waals surface area contributed by atoms with Crippen LogP contribution in [0.25, 0.3) is 11.0 Å². The summed E-state index contributed by atoms with van der Waals surface area (Å²) < 4.78 is 4.99. The second-order valence-corrected chi connectivity index (χ2v) is 2.92. The molecule has 0 spiro atoms. The van der Waals surface area contributed by atoms with Crippen molar-refractivity contribution >= 4 is 16.7 Å². The number of nitrogens with two attached hydrogens (primary N) is 1. The number of anilines is 1. The van der Waals surface area contributed by atoms with Crippen molar-refractivity contribution in [1.29, 1.82) is 0 Å². The molecule has 1 aromatic heterocycles. The monoisotopic (exact) mass is 175 g/mol. The van der Waals surface area contributed by atoms with E-state index in [1.165, 1.54) is 0 Å². The van der Waals surface area contributed by atoms with Crippen LogP contribution in [0.1, 0.15) is 5.56 Å². The van der Waals surface area contributed by atoms with Crippen molar-refractivity contribution in [1.82, 2.24) is 0 Å². The molecule has 66 valence electrons. The summed E-state index contributed by atoms with van der Waals surface area (Å²) in [5.41, 5.74) is 6.64. The Balaban J connectivity index is 3.02. The summed E-state index contributed by atoms with van der Waals surface area (Å²) in [5.74, 6) is 0. The van der Waals surface area contributed by atoms with E-state index < -0.39 is 5.63 Å².